The summed E-state index contributed by atoms with van der Waals surface area (Å²) in [7, 11) is 0. The standard InChI is InChI=1S/C15H16O2/c16-15-12-8-4-5-9-14(12)17-10-13(15)11-6-2-1-3-7-11/h1-3,6-7,10,12,14H,4-5,8-9H2. The summed E-state index contributed by atoms with van der Waals surface area (Å²) in [6.07, 6.45) is 6.14. The van der Waals surface area contributed by atoms with E-state index in [2.05, 4.69) is 0 Å². The van der Waals surface area contributed by atoms with Crippen molar-refractivity contribution in [3.05, 3.63) is 42.2 Å². The molecule has 17 heavy (non-hydrogen) atoms. The highest BCUT2D eigenvalue weighted by molar-refractivity contribution is 6.22. The minimum Gasteiger partial charge on any atom is -0.496 e. The Balaban J connectivity index is 1.92. The molecule has 2 nitrogen and oxygen atoms in total. The first-order chi connectivity index (χ1) is 8.36. The van der Waals surface area contributed by atoms with Crippen molar-refractivity contribution >= 4 is 11.4 Å². The third-order valence-corrected chi connectivity index (χ3v) is 3.75. The Hall–Kier alpha value is -1.57. The molecule has 0 N–H and O–H groups in total. The minimum atomic E-state index is 0.0870. The van der Waals surface area contributed by atoms with Gasteiger partial charge in [-0.3, -0.25) is 4.79 Å². The normalized spacial score (nSPS) is 28.0. The van der Waals surface area contributed by atoms with E-state index in [1.807, 2.05) is 30.3 Å². The molecule has 1 heterocycles. The monoisotopic (exact) mass is 228 g/mol. The Kier molecular flexibility index (Phi) is 2.71. The number of rotatable bonds is 1. The van der Waals surface area contributed by atoms with Crippen molar-refractivity contribution in [3.8, 4) is 0 Å². The van der Waals surface area contributed by atoms with E-state index in [4.69, 9.17) is 4.74 Å². The number of carbonyl (C=O) groups is 1. The Morgan fingerprint density at radius 3 is 2.65 bits per heavy atom. The number of benzene rings is 1. The van der Waals surface area contributed by atoms with Crippen LogP contribution in [-0.4, -0.2) is 11.9 Å². The van der Waals surface area contributed by atoms with Crippen LogP contribution in [0.3, 0.4) is 0 Å². The molecule has 0 amide bonds. The number of allylic oxidation sites excluding steroid dienone is 1. The molecule has 1 saturated carbocycles. The van der Waals surface area contributed by atoms with Crippen molar-refractivity contribution in [3.63, 3.8) is 0 Å². The lowest BCUT2D eigenvalue weighted by Gasteiger charge is -2.33. The molecule has 2 aliphatic rings. The average molecular weight is 228 g/mol. The Labute approximate surface area is 101 Å². The minimum absolute atomic E-state index is 0.0870. The van der Waals surface area contributed by atoms with Gasteiger partial charge in [0.1, 0.15) is 6.10 Å². The maximum absolute atomic E-state index is 12.4. The lowest BCUT2D eigenvalue weighted by Crippen LogP contribution is -2.36. The van der Waals surface area contributed by atoms with Crippen LogP contribution in [0.1, 0.15) is 31.2 Å². The van der Waals surface area contributed by atoms with E-state index in [1.54, 1.807) is 6.26 Å². The van der Waals surface area contributed by atoms with E-state index in [0.29, 0.717) is 0 Å². The molecule has 0 saturated heterocycles. The van der Waals surface area contributed by atoms with Gasteiger partial charge in [0.05, 0.1) is 17.8 Å². The predicted octanol–water partition coefficient (Wildman–Crippen LogP) is 3.19. The highest BCUT2D eigenvalue weighted by Crippen LogP contribution is 2.35. The van der Waals surface area contributed by atoms with Gasteiger partial charge in [-0.25, -0.2) is 0 Å². The zero-order valence-electron chi connectivity index (χ0n) is 9.76. The lowest BCUT2D eigenvalue weighted by molar-refractivity contribution is -0.124. The highest BCUT2D eigenvalue weighted by atomic mass is 16.5. The van der Waals surface area contributed by atoms with Gasteiger partial charge in [-0.1, -0.05) is 36.8 Å². The Morgan fingerprint density at radius 1 is 1.06 bits per heavy atom. The maximum atomic E-state index is 12.4. The van der Waals surface area contributed by atoms with Gasteiger partial charge in [0.25, 0.3) is 0 Å². The van der Waals surface area contributed by atoms with E-state index in [-0.39, 0.29) is 17.8 Å². The first-order valence-corrected chi connectivity index (χ1v) is 6.31. The van der Waals surface area contributed by atoms with Gasteiger partial charge < -0.3 is 4.74 Å². The molecule has 2 unspecified atom stereocenters. The first-order valence-electron chi connectivity index (χ1n) is 6.31. The molecule has 88 valence electrons. The molecule has 1 aromatic carbocycles. The summed E-state index contributed by atoms with van der Waals surface area (Å²) < 4.78 is 5.74. The summed E-state index contributed by atoms with van der Waals surface area (Å²) in [5.41, 5.74) is 1.72. The third-order valence-electron chi connectivity index (χ3n) is 3.75. The van der Waals surface area contributed by atoms with Crippen LogP contribution in [0, 0.1) is 5.92 Å². The fraction of sp³-hybridized carbons (Fsp3) is 0.400. The molecule has 1 fully saturated rings. The van der Waals surface area contributed by atoms with Crippen molar-refractivity contribution in [1.82, 2.24) is 0 Å². The van der Waals surface area contributed by atoms with Gasteiger partial charge >= 0.3 is 0 Å². The van der Waals surface area contributed by atoms with Gasteiger partial charge in [0, 0.05) is 0 Å². The van der Waals surface area contributed by atoms with Gasteiger partial charge in [0.15, 0.2) is 5.78 Å². The van der Waals surface area contributed by atoms with Crippen LogP contribution in [0.5, 0.6) is 0 Å². The maximum Gasteiger partial charge on any atom is 0.173 e. The first kappa shape index (κ1) is 10.6. The zero-order valence-corrected chi connectivity index (χ0v) is 9.76. The molecule has 1 aromatic rings. The summed E-state index contributed by atoms with van der Waals surface area (Å²) in [4.78, 5) is 12.4. The molecular weight excluding hydrogens is 212 g/mol. The van der Waals surface area contributed by atoms with E-state index in [1.165, 1.54) is 6.42 Å². The number of ketones is 1. The van der Waals surface area contributed by atoms with Crippen LogP contribution in [0.15, 0.2) is 36.6 Å². The van der Waals surface area contributed by atoms with Crippen molar-refractivity contribution in [1.29, 1.82) is 0 Å². The number of fused-ring (bicyclic) bond motifs is 1. The molecule has 0 radical (unpaired) electrons. The van der Waals surface area contributed by atoms with Gasteiger partial charge in [0.2, 0.25) is 0 Å². The fourth-order valence-electron chi connectivity index (χ4n) is 2.80. The third kappa shape index (κ3) is 1.88. The molecule has 0 spiro atoms. The number of hydrogen-bond acceptors (Lipinski definition) is 2. The van der Waals surface area contributed by atoms with Crippen LogP contribution in [0.25, 0.3) is 5.57 Å². The van der Waals surface area contributed by atoms with Crippen molar-refractivity contribution in [2.75, 3.05) is 0 Å². The fourth-order valence-corrected chi connectivity index (χ4v) is 2.80. The SMILES string of the molecule is O=C1C(c2ccccc2)=COC2CCCCC12. The number of carbonyl (C=O) groups excluding carboxylic acids is 1. The van der Waals surface area contributed by atoms with E-state index < -0.39 is 0 Å². The Bertz CT molecular complexity index is 447. The van der Waals surface area contributed by atoms with Crippen molar-refractivity contribution < 1.29 is 9.53 Å². The number of Topliss-reactive ketones (excluding diaryl/α,β-unsaturated/α-hetero) is 1. The lowest BCUT2D eigenvalue weighted by atomic mass is 9.79. The molecular formula is C15H16O2. The Morgan fingerprint density at radius 2 is 1.82 bits per heavy atom. The molecule has 2 heteroatoms. The summed E-state index contributed by atoms with van der Waals surface area (Å²) in [5.74, 6) is 0.358. The second kappa shape index (κ2) is 4.36. The molecule has 3 rings (SSSR count). The van der Waals surface area contributed by atoms with Crippen LogP contribution >= 0.6 is 0 Å². The highest BCUT2D eigenvalue weighted by Gasteiger charge is 2.36. The largest absolute Gasteiger partial charge is 0.496 e. The summed E-state index contributed by atoms with van der Waals surface area (Å²) in [6, 6.07) is 9.81. The van der Waals surface area contributed by atoms with Crippen LogP contribution in [0.4, 0.5) is 0 Å². The second-order valence-electron chi connectivity index (χ2n) is 4.83. The number of ether oxygens (including phenoxy) is 1. The molecule has 0 bridgehead atoms. The molecule has 0 aromatic heterocycles. The topological polar surface area (TPSA) is 26.3 Å². The van der Waals surface area contributed by atoms with Crippen molar-refractivity contribution in [2.45, 2.75) is 31.8 Å². The van der Waals surface area contributed by atoms with E-state index in [0.717, 1.165) is 30.4 Å². The number of hydrogen-bond donors (Lipinski definition) is 0. The molecule has 1 aliphatic carbocycles. The zero-order chi connectivity index (χ0) is 11.7. The smallest absolute Gasteiger partial charge is 0.173 e. The van der Waals surface area contributed by atoms with E-state index in [9.17, 15) is 4.79 Å². The van der Waals surface area contributed by atoms with E-state index >= 15 is 0 Å². The summed E-state index contributed by atoms with van der Waals surface area (Å²) in [6.45, 7) is 0. The van der Waals surface area contributed by atoms with Gasteiger partial charge in [-0.15, -0.1) is 0 Å². The quantitative estimate of drug-likeness (QED) is 0.738. The van der Waals surface area contributed by atoms with Gasteiger partial charge in [-0.2, -0.15) is 0 Å². The van der Waals surface area contributed by atoms with Gasteiger partial charge in [-0.05, 0) is 24.8 Å². The summed E-state index contributed by atoms with van der Waals surface area (Å²) in [5, 5.41) is 0. The van der Waals surface area contributed by atoms with Crippen LogP contribution < -0.4 is 0 Å². The average Bonchev–Trinajstić information content (AvgIpc) is 2.40. The van der Waals surface area contributed by atoms with Crippen LogP contribution in [0.2, 0.25) is 0 Å². The predicted molar refractivity (Wildman–Crippen MR) is 66.3 cm³/mol. The second-order valence-corrected chi connectivity index (χ2v) is 4.83. The van der Waals surface area contributed by atoms with Crippen molar-refractivity contribution in [2.24, 2.45) is 5.92 Å². The summed E-state index contributed by atoms with van der Waals surface area (Å²) >= 11 is 0. The van der Waals surface area contributed by atoms with Crippen LogP contribution in [-0.2, 0) is 9.53 Å². The molecule has 1 aliphatic heterocycles. The molecule has 2 atom stereocenters.